The highest BCUT2D eigenvalue weighted by atomic mass is 32.2. The van der Waals surface area contributed by atoms with Gasteiger partial charge >= 0.3 is 6.18 Å². The number of benzene rings is 1. The van der Waals surface area contributed by atoms with Crippen LogP contribution in [-0.4, -0.2) is 20.3 Å². The standard InChI is InChI=1S/C10H10F3NO3S/c11-10(12,13)7-1-2-9-6(3-7)4-8(5-17-14)18(9,15)16/h1-3,8H,4-5,14H2. The lowest BCUT2D eigenvalue weighted by molar-refractivity contribution is -0.137. The maximum Gasteiger partial charge on any atom is 0.416 e. The van der Waals surface area contributed by atoms with Gasteiger partial charge in [-0.05, 0) is 30.2 Å². The molecular weight excluding hydrogens is 271 g/mol. The van der Waals surface area contributed by atoms with Gasteiger partial charge in [0, 0.05) is 0 Å². The second kappa shape index (κ2) is 4.22. The average Bonchev–Trinajstić information content (AvgIpc) is 2.50. The van der Waals surface area contributed by atoms with E-state index in [-0.39, 0.29) is 23.5 Å². The normalized spacial score (nSPS) is 21.9. The van der Waals surface area contributed by atoms with Crippen molar-refractivity contribution in [3.8, 4) is 0 Å². The molecule has 1 heterocycles. The monoisotopic (exact) mass is 281 g/mol. The number of rotatable bonds is 2. The predicted octanol–water partition coefficient (Wildman–Crippen LogP) is 1.29. The van der Waals surface area contributed by atoms with Crippen LogP contribution < -0.4 is 5.90 Å². The summed E-state index contributed by atoms with van der Waals surface area (Å²) < 4.78 is 61.3. The third-order valence-corrected chi connectivity index (χ3v) is 5.05. The summed E-state index contributed by atoms with van der Waals surface area (Å²) in [7, 11) is -3.64. The summed E-state index contributed by atoms with van der Waals surface area (Å²) in [4.78, 5) is 4.22. The van der Waals surface area contributed by atoms with E-state index in [2.05, 4.69) is 4.84 Å². The summed E-state index contributed by atoms with van der Waals surface area (Å²) in [6.07, 6.45) is -4.50. The summed E-state index contributed by atoms with van der Waals surface area (Å²) in [5, 5.41) is -0.916. The number of fused-ring (bicyclic) bond motifs is 1. The Kier molecular flexibility index (Phi) is 3.12. The van der Waals surface area contributed by atoms with Crippen molar-refractivity contribution >= 4 is 9.84 Å². The molecule has 2 rings (SSSR count). The van der Waals surface area contributed by atoms with Crippen LogP contribution in [0.4, 0.5) is 13.2 Å². The van der Waals surface area contributed by atoms with Gasteiger partial charge in [0.1, 0.15) is 0 Å². The van der Waals surface area contributed by atoms with Crippen molar-refractivity contribution in [3.63, 3.8) is 0 Å². The van der Waals surface area contributed by atoms with Gasteiger partial charge in [0.05, 0.1) is 22.3 Å². The molecule has 100 valence electrons. The fraction of sp³-hybridized carbons (Fsp3) is 0.400. The summed E-state index contributed by atoms with van der Waals surface area (Å²) >= 11 is 0. The molecule has 1 aromatic carbocycles. The van der Waals surface area contributed by atoms with Crippen molar-refractivity contribution in [3.05, 3.63) is 29.3 Å². The molecule has 1 atom stereocenters. The van der Waals surface area contributed by atoms with Crippen LogP contribution in [0.5, 0.6) is 0 Å². The molecule has 0 aromatic heterocycles. The number of halogens is 3. The van der Waals surface area contributed by atoms with Crippen LogP contribution in [0.3, 0.4) is 0 Å². The average molecular weight is 281 g/mol. The summed E-state index contributed by atoms with van der Waals surface area (Å²) in [5.41, 5.74) is -0.697. The molecule has 8 heteroatoms. The second-order valence-electron chi connectivity index (χ2n) is 4.02. The molecule has 0 bridgehead atoms. The number of alkyl halides is 3. The van der Waals surface area contributed by atoms with Crippen molar-refractivity contribution in [2.45, 2.75) is 22.7 Å². The first-order valence-corrected chi connectivity index (χ1v) is 6.57. The summed E-state index contributed by atoms with van der Waals surface area (Å²) in [5.74, 6) is 4.82. The van der Waals surface area contributed by atoms with Crippen LogP contribution in [-0.2, 0) is 27.3 Å². The van der Waals surface area contributed by atoms with Crippen LogP contribution in [0.15, 0.2) is 23.1 Å². The van der Waals surface area contributed by atoms with Crippen LogP contribution in [0.25, 0.3) is 0 Å². The number of sulfone groups is 1. The highest BCUT2D eigenvalue weighted by molar-refractivity contribution is 7.92. The molecule has 1 unspecified atom stereocenters. The summed E-state index contributed by atoms with van der Waals surface area (Å²) in [6, 6.07) is 2.62. The van der Waals surface area contributed by atoms with Crippen molar-refractivity contribution in [2.24, 2.45) is 5.90 Å². The van der Waals surface area contributed by atoms with E-state index in [1.54, 1.807) is 0 Å². The molecule has 0 amide bonds. The third-order valence-electron chi connectivity index (χ3n) is 2.86. The van der Waals surface area contributed by atoms with Gasteiger partial charge < -0.3 is 4.84 Å². The molecule has 1 aliphatic rings. The minimum Gasteiger partial charge on any atom is -0.303 e. The largest absolute Gasteiger partial charge is 0.416 e. The molecule has 1 aliphatic heterocycles. The van der Waals surface area contributed by atoms with E-state index in [0.29, 0.717) is 0 Å². The lowest BCUT2D eigenvalue weighted by atomic mass is 10.1. The van der Waals surface area contributed by atoms with Crippen molar-refractivity contribution < 1.29 is 26.4 Å². The molecule has 0 spiro atoms. The van der Waals surface area contributed by atoms with Crippen LogP contribution in [0.2, 0.25) is 0 Å². The minimum absolute atomic E-state index is 0.0151. The SMILES string of the molecule is NOCC1Cc2cc(C(F)(F)F)ccc2S1(=O)=O. The molecule has 0 saturated carbocycles. The number of nitrogens with two attached hydrogens (primary N) is 1. The first-order valence-electron chi connectivity index (χ1n) is 5.02. The highest BCUT2D eigenvalue weighted by Crippen LogP contribution is 2.36. The van der Waals surface area contributed by atoms with Crippen LogP contribution in [0, 0.1) is 0 Å². The van der Waals surface area contributed by atoms with Crippen molar-refractivity contribution in [2.75, 3.05) is 6.61 Å². The Labute approximate surface area is 101 Å². The Bertz CT molecular complexity index is 568. The number of hydrogen-bond acceptors (Lipinski definition) is 4. The predicted molar refractivity (Wildman–Crippen MR) is 56.3 cm³/mol. The van der Waals surface area contributed by atoms with Gasteiger partial charge in [-0.2, -0.15) is 13.2 Å². The minimum atomic E-state index is -4.48. The molecule has 4 nitrogen and oxygen atoms in total. The van der Waals surface area contributed by atoms with E-state index >= 15 is 0 Å². The van der Waals surface area contributed by atoms with Gasteiger partial charge in [-0.25, -0.2) is 14.3 Å². The topological polar surface area (TPSA) is 69.4 Å². The van der Waals surface area contributed by atoms with Gasteiger partial charge in [0.2, 0.25) is 0 Å². The molecule has 0 fully saturated rings. The molecule has 0 aliphatic carbocycles. The van der Waals surface area contributed by atoms with E-state index in [1.807, 2.05) is 0 Å². The first kappa shape index (κ1) is 13.3. The van der Waals surface area contributed by atoms with E-state index in [1.165, 1.54) is 0 Å². The first-order chi connectivity index (χ1) is 8.26. The van der Waals surface area contributed by atoms with E-state index in [4.69, 9.17) is 5.90 Å². The maximum atomic E-state index is 12.5. The molecule has 0 radical (unpaired) electrons. The fourth-order valence-electron chi connectivity index (χ4n) is 1.98. The zero-order chi connectivity index (χ0) is 13.6. The fourth-order valence-corrected chi connectivity index (χ4v) is 3.76. The second-order valence-corrected chi connectivity index (χ2v) is 6.22. The Morgan fingerprint density at radius 3 is 2.61 bits per heavy atom. The summed E-state index contributed by atoms with van der Waals surface area (Å²) in [6.45, 7) is -0.238. The zero-order valence-electron chi connectivity index (χ0n) is 9.07. The molecule has 1 aromatic rings. The molecule has 18 heavy (non-hydrogen) atoms. The Hall–Kier alpha value is -1.12. The Morgan fingerprint density at radius 1 is 1.39 bits per heavy atom. The van der Waals surface area contributed by atoms with Crippen LogP contribution in [0.1, 0.15) is 11.1 Å². The maximum absolute atomic E-state index is 12.5. The van der Waals surface area contributed by atoms with E-state index in [0.717, 1.165) is 18.2 Å². The lowest BCUT2D eigenvalue weighted by Gasteiger charge is -2.07. The molecule has 2 N–H and O–H groups in total. The highest BCUT2D eigenvalue weighted by Gasteiger charge is 2.39. The van der Waals surface area contributed by atoms with Gasteiger partial charge in [-0.1, -0.05) is 0 Å². The third kappa shape index (κ3) is 2.11. The zero-order valence-corrected chi connectivity index (χ0v) is 9.88. The van der Waals surface area contributed by atoms with E-state index < -0.39 is 26.8 Å². The number of hydrogen-bond donors (Lipinski definition) is 1. The van der Waals surface area contributed by atoms with Crippen molar-refractivity contribution in [1.82, 2.24) is 0 Å². The smallest absolute Gasteiger partial charge is 0.303 e. The van der Waals surface area contributed by atoms with Gasteiger partial charge in [-0.15, -0.1) is 0 Å². The molecular formula is C10H10F3NO3S. The quantitative estimate of drug-likeness (QED) is 0.829. The van der Waals surface area contributed by atoms with Gasteiger partial charge in [-0.3, -0.25) is 0 Å². The Morgan fingerprint density at radius 2 is 2.06 bits per heavy atom. The lowest BCUT2D eigenvalue weighted by Crippen LogP contribution is -2.24. The van der Waals surface area contributed by atoms with Gasteiger partial charge in [0.25, 0.3) is 0 Å². The molecule has 0 saturated heterocycles. The Balaban J connectivity index is 2.46. The van der Waals surface area contributed by atoms with Gasteiger partial charge in [0.15, 0.2) is 9.84 Å². The van der Waals surface area contributed by atoms with Crippen molar-refractivity contribution in [1.29, 1.82) is 0 Å². The van der Waals surface area contributed by atoms with Crippen LogP contribution >= 0.6 is 0 Å². The van der Waals surface area contributed by atoms with E-state index in [9.17, 15) is 21.6 Å².